The largest absolute Gasteiger partial charge is 0.495 e. The van der Waals surface area contributed by atoms with Crippen molar-refractivity contribution >= 4 is 37.0 Å². The molecular formula is C27H27F8N5O5P+. The first-order valence-corrected chi connectivity index (χ1v) is 14.9. The van der Waals surface area contributed by atoms with Crippen LogP contribution in [-0.2, 0) is 27.7 Å². The summed E-state index contributed by atoms with van der Waals surface area (Å²) in [5, 5.41) is 5.56. The summed E-state index contributed by atoms with van der Waals surface area (Å²) in [7, 11) is -1.93. The molecule has 0 radical (unpaired) electrons. The lowest BCUT2D eigenvalue weighted by Crippen LogP contribution is -2.22. The van der Waals surface area contributed by atoms with Gasteiger partial charge in [-0.1, -0.05) is 18.2 Å². The summed E-state index contributed by atoms with van der Waals surface area (Å²) in [4.78, 5) is 32.7. The number of nitrogens with one attached hydrogen (secondary N) is 2. The van der Waals surface area contributed by atoms with Crippen LogP contribution >= 0.6 is 7.94 Å². The molecule has 1 aliphatic rings. The SMILES string of the molecule is COc1cc(C[P+](O)(OCC(F)(F)F)OCC(F)(F)F)ccc1Nc1ncc(C(C)(F)F)c(Nc2cccc3c2C(=O)N(C)C3)n1. The van der Waals surface area contributed by atoms with Gasteiger partial charge in [-0.05, 0) is 23.8 Å². The van der Waals surface area contributed by atoms with Gasteiger partial charge in [0.15, 0.2) is 19.4 Å². The maximum absolute atomic E-state index is 14.5. The highest BCUT2D eigenvalue weighted by atomic mass is 31.2. The molecule has 2 aromatic carbocycles. The summed E-state index contributed by atoms with van der Waals surface area (Å²) >= 11 is 0. The maximum atomic E-state index is 14.5. The van der Waals surface area contributed by atoms with E-state index in [1.54, 1.807) is 19.2 Å². The highest BCUT2D eigenvalue weighted by Crippen LogP contribution is 2.61. The number of benzene rings is 2. The fourth-order valence-electron chi connectivity index (χ4n) is 4.36. The highest BCUT2D eigenvalue weighted by molar-refractivity contribution is 7.59. The van der Waals surface area contributed by atoms with Gasteiger partial charge in [0, 0.05) is 32.3 Å². The van der Waals surface area contributed by atoms with Crippen LogP contribution in [0.1, 0.15) is 34.0 Å². The molecule has 19 heteroatoms. The fourth-order valence-corrected chi connectivity index (χ4v) is 5.97. The van der Waals surface area contributed by atoms with Crippen molar-refractivity contribution < 1.29 is 58.6 Å². The van der Waals surface area contributed by atoms with Gasteiger partial charge in [-0.2, -0.15) is 45.3 Å². The molecule has 0 saturated carbocycles. The topological polar surface area (TPSA) is 118 Å². The standard InChI is InChI=1S/C27H26F8N5O5P/c1-25(28,29)17-10-36-24(39-22(17)37-19-6-4-5-16-11-40(2)23(41)21(16)19)38-18-8-7-15(9-20(18)43-3)12-46(42,44-13-26(30,31)32)45-14-27(33,34)35/h4-10,42H,11-14H2,1-3H3,(H-,36,37,38,39,41)/p+1. The van der Waals surface area contributed by atoms with Gasteiger partial charge < -0.3 is 20.3 Å². The maximum Gasteiger partial charge on any atom is 0.416 e. The van der Waals surface area contributed by atoms with Crippen molar-refractivity contribution in [2.45, 2.75) is 37.9 Å². The van der Waals surface area contributed by atoms with Gasteiger partial charge in [-0.25, -0.2) is 13.8 Å². The Morgan fingerprint density at radius 2 is 1.63 bits per heavy atom. The summed E-state index contributed by atoms with van der Waals surface area (Å²) in [6, 6.07) is 8.61. The van der Waals surface area contributed by atoms with Gasteiger partial charge >= 0.3 is 20.3 Å². The number of alkyl halides is 8. The van der Waals surface area contributed by atoms with Gasteiger partial charge in [0.25, 0.3) is 11.8 Å². The lowest BCUT2D eigenvalue weighted by molar-refractivity contribution is -0.168. The van der Waals surface area contributed by atoms with E-state index in [0.29, 0.717) is 24.6 Å². The Morgan fingerprint density at radius 1 is 0.978 bits per heavy atom. The van der Waals surface area contributed by atoms with Crippen molar-refractivity contribution in [2.75, 3.05) is 38.0 Å². The third-order valence-corrected chi connectivity index (χ3v) is 8.22. The Morgan fingerprint density at radius 3 is 2.22 bits per heavy atom. The minimum atomic E-state index is -4.96. The van der Waals surface area contributed by atoms with Crippen molar-refractivity contribution in [2.24, 2.45) is 0 Å². The molecule has 1 aromatic heterocycles. The number of aromatic nitrogens is 2. The van der Waals surface area contributed by atoms with Gasteiger partial charge in [0.1, 0.15) is 11.6 Å². The average Bonchev–Trinajstić information content (AvgIpc) is 3.24. The first kappa shape index (κ1) is 35.0. The van der Waals surface area contributed by atoms with Crippen molar-refractivity contribution in [3.63, 3.8) is 0 Å². The van der Waals surface area contributed by atoms with Crippen LogP contribution in [-0.4, -0.2) is 65.4 Å². The zero-order chi connectivity index (χ0) is 34.1. The summed E-state index contributed by atoms with van der Waals surface area (Å²) in [5.74, 6) is -4.30. The van der Waals surface area contributed by atoms with E-state index in [2.05, 4.69) is 29.6 Å². The number of hydrogen-bond donors (Lipinski definition) is 3. The summed E-state index contributed by atoms with van der Waals surface area (Å²) in [6.45, 7) is -3.14. The van der Waals surface area contributed by atoms with E-state index >= 15 is 0 Å². The van der Waals surface area contributed by atoms with E-state index in [4.69, 9.17) is 4.74 Å². The lowest BCUT2D eigenvalue weighted by atomic mass is 10.1. The zero-order valence-corrected chi connectivity index (χ0v) is 25.2. The molecule has 0 atom stereocenters. The van der Waals surface area contributed by atoms with E-state index in [1.807, 2.05) is 0 Å². The van der Waals surface area contributed by atoms with Crippen LogP contribution in [0.3, 0.4) is 0 Å². The normalized spacial score (nSPS) is 14.0. The van der Waals surface area contributed by atoms with Gasteiger partial charge in [0.2, 0.25) is 5.95 Å². The Bertz CT molecular complexity index is 1570. The van der Waals surface area contributed by atoms with Gasteiger partial charge in [-0.15, -0.1) is 0 Å². The molecule has 4 rings (SSSR count). The van der Waals surface area contributed by atoms with Crippen LogP contribution < -0.4 is 15.4 Å². The second kappa shape index (κ2) is 13.1. The molecule has 1 amide bonds. The molecule has 1 aliphatic heterocycles. The molecule has 0 unspecified atom stereocenters. The number of anilines is 4. The predicted octanol–water partition coefficient (Wildman–Crippen LogP) is 7.08. The number of fused-ring (bicyclic) bond motifs is 1. The van der Waals surface area contributed by atoms with Crippen LogP contribution in [0.25, 0.3) is 0 Å². The molecule has 0 spiro atoms. The van der Waals surface area contributed by atoms with Crippen LogP contribution in [0, 0.1) is 0 Å². The molecule has 46 heavy (non-hydrogen) atoms. The predicted molar refractivity (Wildman–Crippen MR) is 150 cm³/mol. The molecule has 10 nitrogen and oxygen atoms in total. The number of carbonyl (C=O) groups excluding carboxylic acids is 1. The number of halogens is 8. The van der Waals surface area contributed by atoms with Crippen LogP contribution in [0.5, 0.6) is 5.75 Å². The Kier molecular flexibility index (Phi) is 9.97. The number of carbonyl (C=O) groups is 1. The minimum Gasteiger partial charge on any atom is -0.495 e. The first-order valence-electron chi connectivity index (χ1n) is 13.1. The van der Waals surface area contributed by atoms with E-state index in [9.17, 15) is 44.8 Å². The highest BCUT2D eigenvalue weighted by Gasteiger charge is 2.48. The number of rotatable bonds is 12. The molecule has 0 aliphatic carbocycles. The van der Waals surface area contributed by atoms with Crippen molar-refractivity contribution in [3.8, 4) is 5.75 Å². The Hall–Kier alpha value is -3.86. The molecule has 0 bridgehead atoms. The number of nitrogens with zero attached hydrogens (tertiary/aromatic N) is 3. The van der Waals surface area contributed by atoms with Crippen LogP contribution in [0.4, 0.5) is 58.3 Å². The molecule has 3 aromatic rings. The fraction of sp³-hybridized carbons (Fsp3) is 0.370. The van der Waals surface area contributed by atoms with Crippen molar-refractivity contribution in [1.29, 1.82) is 0 Å². The number of ether oxygens (including phenoxy) is 1. The second-order valence-corrected chi connectivity index (χ2v) is 12.3. The summed E-state index contributed by atoms with van der Waals surface area (Å²) < 4.78 is 119. The minimum absolute atomic E-state index is 0.0144. The smallest absolute Gasteiger partial charge is 0.416 e. The number of methoxy groups -OCH3 is 1. The molecule has 0 fully saturated rings. The second-order valence-electron chi connectivity index (χ2n) is 10.2. The first-order chi connectivity index (χ1) is 21.3. The molecule has 3 N–H and O–H groups in total. The van der Waals surface area contributed by atoms with E-state index in [0.717, 1.165) is 6.20 Å². The quantitative estimate of drug-likeness (QED) is 0.136. The third kappa shape index (κ3) is 8.90. The molecule has 2 heterocycles. The van der Waals surface area contributed by atoms with E-state index in [1.165, 1.54) is 36.3 Å². The van der Waals surface area contributed by atoms with Crippen molar-refractivity contribution in [3.05, 3.63) is 64.8 Å². The average molecular weight is 685 g/mol. The molecule has 0 saturated heterocycles. The third-order valence-electron chi connectivity index (χ3n) is 6.39. The van der Waals surface area contributed by atoms with Gasteiger partial charge in [0.05, 0.1) is 29.6 Å². The van der Waals surface area contributed by atoms with Gasteiger partial charge in [-0.3, -0.25) is 4.79 Å². The summed E-state index contributed by atoms with van der Waals surface area (Å²) in [6.07, 6.45) is -9.91. The summed E-state index contributed by atoms with van der Waals surface area (Å²) in [5.41, 5.74) is 0.723. The van der Waals surface area contributed by atoms with E-state index in [-0.39, 0.29) is 40.4 Å². The lowest BCUT2D eigenvalue weighted by Gasteiger charge is -2.20. The Balaban J connectivity index is 1.61. The van der Waals surface area contributed by atoms with Crippen LogP contribution in [0.15, 0.2) is 42.6 Å². The molecule has 250 valence electrons. The Labute approximate surface area is 257 Å². The number of amides is 1. The monoisotopic (exact) mass is 684 g/mol. The molecular weight excluding hydrogens is 657 g/mol. The van der Waals surface area contributed by atoms with Crippen LogP contribution in [0.2, 0.25) is 0 Å². The number of hydrogen-bond acceptors (Lipinski definition) is 9. The zero-order valence-electron chi connectivity index (χ0n) is 24.3. The van der Waals surface area contributed by atoms with Crippen molar-refractivity contribution in [1.82, 2.24) is 14.9 Å². The van der Waals surface area contributed by atoms with E-state index < -0.39 is 51.2 Å².